The number of nitrogens with one attached hydrogen (secondary N) is 1. The van der Waals surface area contributed by atoms with E-state index >= 15 is 0 Å². The molecule has 0 saturated heterocycles. The van der Waals surface area contributed by atoms with E-state index in [-0.39, 0.29) is 5.91 Å². The maximum absolute atomic E-state index is 11.3. The molecule has 1 heterocycles. The third-order valence-corrected chi connectivity index (χ3v) is 2.93. The van der Waals surface area contributed by atoms with Crippen LogP contribution in [0.1, 0.15) is 6.92 Å². The number of hydrogen-bond acceptors (Lipinski definition) is 2. The lowest BCUT2D eigenvalue weighted by molar-refractivity contribution is -0.114. The van der Waals surface area contributed by atoms with Crippen molar-refractivity contribution in [2.45, 2.75) is 6.92 Å². The maximum Gasteiger partial charge on any atom is 0.221 e. The summed E-state index contributed by atoms with van der Waals surface area (Å²) in [5.74, 6) is -0.0737. The molecule has 3 aromatic rings. The first-order valence-corrected chi connectivity index (χ1v) is 5.80. The Hall–Kier alpha value is -2.42. The van der Waals surface area contributed by atoms with Crippen LogP contribution in [0.5, 0.6) is 0 Å². The summed E-state index contributed by atoms with van der Waals surface area (Å²) in [4.78, 5) is 15.7. The van der Waals surface area contributed by atoms with Crippen LogP contribution in [0.4, 0.5) is 5.69 Å². The van der Waals surface area contributed by atoms with Crippen LogP contribution < -0.4 is 5.32 Å². The summed E-state index contributed by atoms with van der Waals surface area (Å²) >= 11 is 0. The van der Waals surface area contributed by atoms with E-state index in [1.165, 1.54) is 6.92 Å². The van der Waals surface area contributed by atoms with Crippen LogP contribution >= 0.6 is 0 Å². The Labute approximate surface area is 104 Å². The van der Waals surface area contributed by atoms with E-state index in [1.807, 2.05) is 42.5 Å². The lowest BCUT2D eigenvalue weighted by Crippen LogP contribution is -2.06. The highest BCUT2D eigenvalue weighted by atomic mass is 16.1. The molecule has 1 aromatic heterocycles. The van der Waals surface area contributed by atoms with Crippen LogP contribution in [-0.4, -0.2) is 10.9 Å². The molecular formula is C15H12N2O. The summed E-state index contributed by atoms with van der Waals surface area (Å²) in [6.07, 6.45) is 1.77. The van der Waals surface area contributed by atoms with Crippen molar-refractivity contribution in [3.8, 4) is 0 Å². The van der Waals surface area contributed by atoms with Crippen molar-refractivity contribution in [3.63, 3.8) is 0 Å². The van der Waals surface area contributed by atoms with Crippen molar-refractivity contribution in [1.82, 2.24) is 4.98 Å². The number of hydrogen-bond donors (Lipinski definition) is 1. The molecule has 3 rings (SSSR count). The average Bonchev–Trinajstić information content (AvgIpc) is 2.38. The number of carbonyl (C=O) groups is 1. The van der Waals surface area contributed by atoms with E-state index < -0.39 is 0 Å². The Morgan fingerprint density at radius 3 is 2.67 bits per heavy atom. The lowest BCUT2D eigenvalue weighted by atomic mass is 10.0. The van der Waals surface area contributed by atoms with Crippen molar-refractivity contribution in [2.24, 2.45) is 0 Å². The van der Waals surface area contributed by atoms with E-state index in [2.05, 4.69) is 10.3 Å². The molecule has 2 aromatic carbocycles. The first kappa shape index (κ1) is 10.7. The normalized spacial score (nSPS) is 10.7. The van der Waals surface area contributed by atoms with Gasteiger partial charge in [0.25, 0.3) is 0 Å². The van der Waals surface area contributed by atoms with Crippen molar-refractivity contribution in [3.05, 3.63) is 48.7 Å². The van der Waals surface area contributed by atoms with Gasteiger partial charge in [0, 0.05) is 23.9 Å². The van der Waals surface area contributed by atoms with Gasteiger partial charge in [0.2, 0.25) is 5.91 Å². The minimum atomic E-state index is -0.0737. The van der Waals surface area contributed by atoms with Crippen LogP contribution in [0.3, 0.4) is 0 Å². The number of amides is 1. The highest BCUT2D eigenvalue weighted by Crippen LogP contribution is 2.29. The minimum absolute atomic E-state index is 0.0737. The van der Waals surface area contributed by atoms with E-state index in [0.717, 1.165) is 27.4 Å². The predicted octanol–water partition coefficient (Wildman–Crippen LogP) is 3.35. The van der Waals surface area contributed by atoms with Crippen LogP contribution in [0, 0.1) is 0 Å². The van der Waals surface area contributed by atoms with Crippen LogP contribution in [0.15, 0.2) is 48.7 Å². The highest BCUT2D eigenvalue weighted by molar-refractivity contribution is 6.13. The van der Waals surface area contributed by atoms with Gasteiger partial charge in [0.1, 0.15) is 0 Å². The summed E-state index contributed by atoms with van der Waals surface area (Å²) in [7, 11) is 0. The van der Waals surface area contributed by atoms with Crippen LogP contribution in [-0.2, 0) is 4.79 Å². The molecule has 1 amide bonds. The zero-order chi connectivity index (χ0) is 12.5. The second-order valence-electron chi connectivity index (χ2n) is 4.23. The van der Waals surface area contributed by atoms with Gasteiger partial charge in [-0.3, -0.25) is 9.78 Å². The highest BCUT2D eigenvalue weighted by Gasteiger charge is 2.07. The van der Waals surface area contributed by atoms with Gasteiger partial charge < -0.3 is 5.32 Å². The van der Waals surface area contributed by atoms with Crippen molar-refractivity contribution < 1.29 is 4.79 Å². The minimum Gasteiger partial charge on any atom is -0.326 e. The SMILES string of the molecule is CC(=O)Nc1cccc2ccc3cccnc3c12. The number of carbonyl (C=O) groups excluding carboxylic acids is 1. The lowest BCUT2D eigenvalue weighted by Gasteiger charge is -2.09. The number of fused-ring (bicyclic) bond motifs is 3. The largest absolute Gasteiger partial charge is 0.326 e. The molecule has 0 fully saturated rings. The molecule has 0 saturated carbocycles. The topological polar surface area (TPSA) is 42.0 Å². The van der Waals surface area contributed by atoms with Gasteiger partial charge in [0.15, 0.2) is 0 Å². The Kier molecular flexibility index (Phi) is 2.45. The van der Waals surface area contributed by atoms with E-state index in [0.29, 0.717) is 0 Å². The molecule has 0 radical (unpaired) electrons. The molecule has 1 N–H and O–H groups in total. The van der Waals surface area contributed by atoms with Gasteiger partial charge in [-0.1, -0.05) is 30.3 Å². The van der Waals surface area contributed by atoms with E-state index in [9.17, 15) is 4.79 Å². The quantitative estimate of drug-likeness (QED) is 0.658. The number of pyridine rings is 1. The van der Waals surface area contributed by atoms with Gasteiger partial charge in [-0.2, -0.15) is 0 Å². The van der Waals surface area contributed by atoms with E-state index in [1.54, 1.807) is 6.20 Å². The fourth-order valence-corrected chi connectivity index (χ4v) is 2.21. The number of aromatic nitrogens is 1. The van der Waals surface area contributed by atoms with Crippen molar-refractivity contribution in [2.75, 3.05) is 5.32 Å². The summed E-state index contributed by atoms with van der Waals surface area (Å²) in [5, 5.41) is 6.00. The zero-order valence-corrected chi connectivity index (χ0v) is 9.97. The Bertz CT molecular complexity index is 750. The van der Waals surface area contributed by atoms with Crippen LogP contribution in [0.2, 0.25) is 0 Å². The Morgan fingerprint density at radius 1 is 1.06 bits per heavy atom. The summed E-state index contributed by atoms with van der Waals surface area (Å²) in [5.41, 5.74) is 1.73. The van der Waals surface area contributed by atoms with Gasteiger partial charge >= 0.3 is 0 Å². The Balaban J connectivity index is 2.42. The first-order chi connectivity index (χ1) is 8.75. The van der Waals surface area contributed by atoms with Crippen molar-refractivity contribution >= 4 is 33.3 Å². The van der Waals surface area contributed by atoms with Gasteiger partial charge in [0.05, 0.1) is 11.2 Å². The molecule has 0 spiro atoms. The standard InChI is InChI=1S/C15H12N2O/c1-10(18)17-13-6-2-4-11-7-8-12-5-3-9-16-15(12)14(11)13/h2-9H,1H3,(H,17,18). The molecule has 0 unspecified atom stereocenters. The molecule has 0 bridgehead atoms. The molecule has 0 atom stereocenters. The fourth-order valence-electron chi connectivity index (χ4n) is 2.21. The molecule has 0 aliphatic rings. The monoisotopic (exact) mass is 236 g/mol. The molecule has 3 heteroatoms. The summed E-state index contributed by atoms with van der Waals surface area (Å²) in [6, 6.07) is 13.9. The van der Waals surface area contributed by atoms with E-state index in [4.69, 9.17) is 0 Å². The average molecular weight is 236 g/mol. The Morgan fingerprint density at radius 2 is 1.83 bits per heavy atom. The molecular weight excluding hydrogens is 224 g/mol. The van der Waals surface area contributed by atoms with Crippen LogP contribution in [0.25, 0.3) is 21.7 Å². The molecule has 3 nitrogen and oxygen atoms in total. The summed E-state index contributed by atoms with van der Waals surface area (Å²) < 4.78 is 0. The number of nitrogens with zero attached hydrogens (tertiary/aromatic N) is 1. The molecule has 18 heavy (non-hydrogen) atoms. The maximum atomic E-state index is 11.3. The zero-order valence-electron chi connectivity index (χ0n) is 9.97. The van der Waals surface area contributed by atoms with Crippen molar-refractivity contribution in [1.29, 1.82) is 0 Å². The van der Waals surface area contributed by atoms with Gasteiger partial charge in [-0.25, -0.2) is 0 Å². The van der Waals surface area contributed by atoms with Gasteiger partial charge in [-0.15, -0.1) is 0 Å². The number of anilines is 1. The molecule has 0 aliphatic carbocycles. The second kappa shape index (κ2) is 4.11. The third-order valence-electron chi connectivity index (χ3n) is 2.93. The second-order valence-corrected chi connectivity index (χ2v) is 4.23. The fraction of sp³-hybridized carbons (Fsp3) is 0.0667. The van der Waals surface area contributed by atoms with Gasteiger partial charge in [-0.05, 0) is 17.5 Å². The predicted molar refractivity (Wildman–Crippen MR) is 73.6 cm³/mol. The summed E-state index contributed by atoms with van der Waals surface area (Å²) in [6.45, 7) is 1.51. The number of rotatable bonds is 1. The first-order valence-electron chi connectivity index (χ1n) is 5.80. The molecule has 88 valence electrons. The smallest absolute Gasteiger partial charge is 0.221 e. The molecule has 0 aliphatic heterocycles. The number of benzene rings is 2. The third kappa shape index (κ3) is 1.70.